The van der Waals surface area contributed by atoms with Gasteiger partial charge in [0.25, 0.3) is 0 Å². The molecule has 2 fully saturated rings. The Labute approximate surface area is 88.3 Å². The molecule has 84 valence electrons. The van der Waals surface area contributed by atoms with Crippen LogP contribution in [0.2, 0.25) is 0 Å². The second kappa shape index (κ2) is 3.22. The molecule has 2 rings (SSSR count). The van der Waals surface area contributed by atoms with Crippen LogP contribution >= 0.6 is 0 Å². The van der Waals surface area contributed by atoms with Crippen molar-refractivity contribution < 1.29 is 19.8 Å². The van der Waals surface area contributed by atoms with E-state index in [2.05, 4.69) is 0 Å². The van der Waals surface area contributed by atoms with Crippen LogP contribution in [0.25, 0.3) is 0 Å². The van der Waals surface area contributed by atoms with E-state index in [-0.39, 0.29) is 0 Å². The Hall–Kier alpha value is -1.06. The lowest BCUT2D eigenvalue weighted by atomic mass is 9.52. The van der Waals surface area contributed by atoms with Gasteiger partial charge in [-0.1, -0.05) is 19.3 Å². The number of carboxylic acid groups (broad SMARTS) is 2. The van der Waals surface area contributed by atoms with Crippen LogP contribution < -0.4 is 0 Å². The number of carbonyl (C=O) groups is 2. The SMILES string of the molecule is O=C(O)C1(C2(C(=O)O)CCC2)CCCC1. The zero-order valence-electron chi connectivity index (χ0n) is 8.66. The highest BCUT2D eigenvalue weighted by molar-refractivity contribution is 5.87. The first kappa shape index (κ1) is 10.5. The van der Waals surface area contributed by atoms with Crippen molar-refractivity contribution in [3.05, 3.63) is 0 Å². The molecule has 0 saturated heterocycles. The summed E-state index contributed by atoms with van der Waals surface area (Å²) in [6.07, 6.45) is 4.69. The Morgan fingerprint density at radius 2 is 1.07 bits per heavy atom. The van der Waals surface area contributed by atoms with Crippen molar-refractivity contribution in [1.82, 2.24) is 0 Å². The van der Waals surface area contributed by atoms with E-state index in [1.54, 1.807) is 0 Å². The molecule has 0 spiro atoms. The largest absolute Gasteiger partial charge is 0.481 e. The molecule has 0 atom stereocenters. The quantitative estimate of drug-likeness (QED) is 0.749. The summed E-state index contributed by atoms with van der Waals surface area (Å²) >= 11 is 0. The van der Waals surface area contributed by atoms with Gasteiger partial charge < -0.3 is 10.2 Å². The van der Waals surface area contributed by atoms with Gasteiger partial charge in [-0.2, -0.15) is 0 Å². The van der Waals surface area contributed by atoms with Crippen LogP contribution in [-0.2, 0) is 9.59 Å². The van der Waals surface area contributed by atoms with E-state index in [1.165, 1.54) is 0 Å². The highest BCUT2D eigenvalue weighted by Gasteiger charge is 2.64. The van der Waals surface area contributed by atoms with Gasteiger partial charge in [0.05, 0.1) is 10.8 Å². The zero-order chi connectivity index (χ0) is 11.1. The van der Waals surface area contributed by atoms with Crippen LogP contribution in [0.5, 0.6) is 0 Å². The molecule has 2 aliphatic rings. The summed E-state index contributed by atoms with van der Waals surface area (Å²) in [5, 5.41) is 18.6. The molecule has 0 aromatic carbocycles. The fourth-order valence-electron chi connectivity index (χ4n) is 3.30. The van der Waals surface area contributed by atoms with Crippen LogP contribution in [0.3, 0.4) is 0 Å². The fourth-order valence-corrected chi connectivity index (χ4v) is 3.30. The topological polar surface area (TPSA) is 74.6 Å². The van der Waals surface area contributed by atoms with Crippen molar-refractivity contribution in [2.75, 3.05) is 0 Å². The van der Waals surface area contributed by atoms with Crippen molar-refractivity contribution >= 4 is 11.9 Å². The van der Waals surface area contributed by atoms with Gasteiger partial charge in [0.1, 0.15) is 0 Å². The summed E-state index contributed by atoms with van der Waals surface area (Å²) in [5.41, 5.74) is -1.94. The van der Waals surface area contributed by atoms with Crippen LogP contribution in [0.15, 0.2) is 0 Å². The Morgan fingerprint density at radius 3 is 1.27 bits per heavy atom. The molecule has 0 aromatic rings. The Bertz CT molecular complexity index is 298. The number of aliphatic carboxylic acids is 2. The number of hydrogen-bond donors (Lipinski definition) is 2. The summed E-state index contributed by atoms with van der Waals surface area (Å²) in [6, 6.07) is 0. The lowest BCUT2D eigenvalue weighted by Crippen LogP contribution is -2.55. The minimum Gasteiger partial charge on any atom is -0.481 e. The molecule has 15 heavy (non-hydrogen) atoms. The molecule has 0 bridgehead atoms. The number of carboxylic acids is 2. The molecule has 0 amide bonds. The Balaban J connectivity index is 2.39. The van der Waals surface area contributed by atoms with Crippen LogP contribution in [0.4, 0.5) is 0 Å². The third-order valence-corrected chi connectivity index (χ3v) is 4.40. The molecular formula is C11H16O4. The third-order valence-electron chi connectivity index (χ3n) is 4.40. The first-order valence-electron chi connectivity index (χ1n) is 5.52. The van der Waals surface area contributed by atoms with Crippen LogP contribution in [0.1, 0.15) is 44.9 Å². The highest BCUT2D eigenvalue weighted by Crippen LogP contribution is 2.61. The van der Waals surface area contributed by atoms with Crippen molar-refractivity contribution in [3.63, 3.8) is 0 Å². The monoisotopic (exact) mass is 212 g/mol. The number of rotatable bonds is 3. The summed E-state index contributed by atoms with van der Waals surface area (Å²) in [4.78, 5) is 22.7. The van der Waals surface area contributed by atoms with Gasteiger partial charge in [0.15, 0.2) is 0 Å². The third kappa shape index (κ3) is 1.13. The average Bonchev–Trinajstić information content (AvgIpc) is 2.51. The van der Waals surface area contributed by atoms with E-state index in [4.69, 9.17) is 0 Å². The van der Waals surface area contributed by atoms with E-state index in [9.17, 15) is 19.8 Å². The molecule has 0 radical (unpaired) electrons. The van der Waals surface area contributed by atoms with E-state index in [0.717, 1.165) is 19.3 Å². The minimum atomic E-state index is -0.975. The second-order valence-corrected chi connectivity index (χ2v) is 4.84. The average molecular weight is 212 g/mol. The molecule has 0 aromatic heterocycles. The standard InChI is InChI=1S/C11H16O4/c12-8(13)10(4-1-2-5-10)11(9(14)15)6-3-7-11/h1-7H2,(H,12,13)(H,14,15). The predicted molar refractivity (Wildman–Crippen MR) is 52.5 cm³/mol. The molecule has 4 heteroatoms. The molecular weight excluding hydrogens is 196 g/mol. The maximum atomic E-state index is 11.4. The summed E-state index contributed by atoms with van der Waals surface area (Å²) < 4.78 is 0. The van der Waals surface area contributed by atoms with E-state index in [0.29, 0.717) is 25.7 Å². The first-order chi connectivity index (χ1) is 7.05. The lowest BCUT2D eigenvalue weighted by molar-refractivity contribution is -0.183. The normalized spacial score (nSPS) is 26.9. The maximum absolute atomic E-state index is 11.4. The fraction of sp³-hybridized carbons (Fsp3) is 0.818. The van der Waals surface area contributed by atoms with Gasteiger partial charge in [0, 0.05) is 0 Å². The Kier molecular flexibility index (Phi) is 2.24. The lowest BCUT2D eigenvalue weighted by Gasteiger charge is -2.48. The van der Waals surface area contributed by atoms with Gasteiger partial charge in [-0.25, -0.2) is 0 Å². The van der Waals surface area contributed by atoms with E-state index < -0.39 is 22.8 Å². The molecule has 2 aliphatic carbocycles. The Morgan fingerprint density at radius 1 is 0.733 bits per heavy atom. The highest BCUT2D eigenvalue weighted by atomic mass is 16.4. The van der Waals surface area contributed by atoms with Crippen molar-refractivity contribution in [2.45, 2.75) is 44.9 Å². The van der Waals surface area contributed by atoms with Crippen LogP contribution in [0, 0.1) is 10.8 Å². The molecule has 0 aliphatic heterocycles. The van der Waals surface area contributed by atoms with Gasteiger partial charge in [0.2, 0.25) is 0 Å². The smallest absolute Gasteiger partial charge is 0.310 e. The number of hydrogen-bond acceptors (Lipinski definition) is 2. The molecule has 2 saturated carbocycles. The molecule has 4 nitrogen and oxygen atoms in total. The molecule has 2 N–H and O–H groups in total. The van der Waals surface area contributed by atoms with E-state index in [1.807, 2.05) is 0 Å². The zero-order valence-corrected chi connectivity index (χ0v) is 8.66. The van der Waals surface area contributed by atoms with Gasteiger partial charge in [-0.05, 0) is 25.7 Å². The van der Waals surface area contributed by atoms with Crippen molar-refractivity contribution in [3.8, 4) is 0 Å². The van der Waals surface area contributed by atoms with Crippen molar-refractivity contribution in [2.24, 2.45) is 10.8 Å². The second-order valence-electron chi connectivity index (χ2n) is 4.84. The minimum absolute atomic E-state index is 0.536. The summed E-state index contributed by atoms with van der Waals surface area (Å²) in [5.74, 6) is -1.81. The van der Waals surface area contributed by atoms with Crippen LogP contribution in [-0.4, -0.2) is 22.2 Å². The molecule has 0 unspecified atom stereocenters. The predicted octanol–water partition coefficient (Wildman–Crippen LogP) is 1.89. The van der Waals surface area contributed by atoms with Gasteiger partial charge in [-0.15, -0.1) is 0 Å². The molecule has 0 heterocycles. The van der Waals surface area contributed by atoms with E-state index >= 15 is 0 Å². The summed E-state index contributed by atoms with van der Waals surface area (Å²) in [7, 11) is 0. The summed E-state index contributed by atoms with van der Waals surface area (Å²) in [6.45, 7) is 0. The van der Waals surface area contributed by atoms with Crippen molar-refractivity contribution in [1.29, 1.82) is 0 Å². The maximum Gasteiger partial charge on any atom is 0.310 e. The van der Waals surface area contributed by atoms with Gasteiger partial charge >= 0.3 is 11.9 Å². The first-order valence-corrected chi connectivity index (χ1v) is 5.52. The van der Waals surface area contributed by atoms with Gasteiger partial charge in [-0.3, -0.25) is 9.59 Å².